The first-order valence-corrected chi connectivity index (χ1v) is 9.62. The zero-order valence-electron chi connectivity index (χ0n) is 15.5. The Morgan fingerprint density at radius 2 is 2.11 bits per heavy atom. The molecule has 2 rings (SSSR count). The van der Waals surface area contributed by atoms with Crippen LogP contribution >= 0.6 is 11.8 Å². The van der Waals surface area contributed by atoms with Crippen LogP contribution in [0.1, 0.15) is 12.6 Å². The third kappa shape index (κ3) is 6.92. The van der Waals surface area contributed by atoms with E-state index in [1.54, 1.807) is 24.3 Å². The number of rotatable bonds is 10. The van der Waals surface area contributed by atoms with Crippen molar-refractivity contribution < 1.29 is 14.3 Å². The van der Waals surface area contributed by atoms with E-state index in [0.29, 0.717) is 30.3 Å². The summed E-state index contributed by atoms with van der Waals surface area (Å²) in [5.74, 6) is 0.0887. The Morgan fingerprint density at radius 1 is 1.32 bits per heavy atom. The average Bonchev–Trinajstić information content (AvgIpc) is 2.66. The minimum atomic E-state index is -0.383. The highest BCUT2D eigenvalue weighted by atomic mass is 32.2. The van der Waals surface area contributed by atoms with Gasteiger partial charge in [-0.25, -0.2) is 4.98 Å². The number of nitrogens with one attached hydrogen (secondary N) is 3. The van der Waals surface area contributed by atoms with Crippen LogP contribution in [-0.4, -0.2) is 40.7 Å². The summed E-state index contributed by atoms with van der Waals surface area (Å²) in [4.78, 5) is 42.5. The van der Waals surface area contributed by atoms with Crippen molar-refractivity contribution in [2.24, 2.45) is 0 Å². The molecular weight excluding hydrogens is 380 g/mol. The van der Waals surface area contributed by atoms with Gasteiger partial charge in [0.1, 0.15) is 5.75 Å². The van der Waals surface area contributed by atoms with Gasteiger partial charge in [-0.05, 0) is 19.1 Å². The highest BCUT2D eigenvalue weighted by Crippen LogP contribution is 2.24. The van der Waals surface area contributed by atoms with E-state index in [1.807, 2.05) is 13.0 Å². The van der Waals surface area contributed by atoms with E-state index in [1.165, 1.54) is 6.07 Å². The van der Waals surface area contributed by atoms with E-state index in [0.717, 1.165) is 11.8 Å². The van der Waals surface area contributed by atoms with Gasteiger partial charge in [-0.2, -0.15) is 0 Å². The number of para-hydroxylation sites is 2. The van der Waals surface area contributed by atoms with E-state index < -0.39 is 0 Å². The van der Waals surface area contributed by atoms with Crippen molar-refractivity contribution in [3.05, 3.63) is 59.0 Å². The second-order valence-electron chi connectivity index (χ2n) is 5.58. The molecule has 2 aromatic rings. The van der Waals surface area contributed by atoms with Gasteiger partial charge in [-0.1, -0.05) is 30.0 Å². The van der Waals surface area contributed by atoms with E-state index in [-0.39, 0.29) is 34.7 Å². The van der Waals surface area contributed by atoms with Gasteiger partial charge in [-0.15, -0.1) is 6.58 Å². The Kier molecular flexibility index (Phi) is 8.29. The molecule has 9 heteroatoms. The van der Waals surface area contributed by atoms with Crippen LogP contribution in [0.15, 0.2) is 52.9 Å². The van der Waals surface area contributed by atoms with Crippen LogP contribution in [0.2, 0.25) is 0 Å². The lowest BCUT2D eigenvalue weighted by Gasteiger charge is -2.11. The molecule has 0 saturated carbocycles. The number of benzene rings is 1. The Labute approximate surface area is 166 Å². The molecule has 0 unspecified atom stereocenters. The topological polar surface area (TPSA) is 113 Å². The number of ether oxygens (including phenoxy) is 1. The second kappa shape index (κ2) is 10.9. The summed E-state index contributed by atoms with van der Waals surface area (Å²) < 4.78 is 5.47. The lowest BCUT2D eigenvalue weighted by atomic mass is 10.3. The molecule has 28 heavy (non-hydrogen) atoms. The number of carbonyl (C=O) groups is 2. The number of H-pyrrole nitrogens is 1. The lowest BCUT2D eigenvalue weighted by Crippen LogP contribution is -2.26. The third-order valence-electron chi connectivity index (χ3n) is 3.36. The first kappa shape index (κ1) is 21.2. The number of aromatic amines is 1. The molecule has 2 amide bonds. The monoisotopic (exact) mass is 402 g/mol. The fourth-order valence-electron chi connectivity index (χ4n) is 2.23. The first-order chi connectivity index (χ1) is 13.5. The SMILES string of the molecule is C=CCNC(=O)Cc1cc(=O)[nH]c(SCC(=O)Nc2ccccc2OCC)n1. The predicted octanol–water partition coefficient (Wildman–Crippen LogP) is 1.74. The number of carbonyl (C=O) groups excluding carboxylic acids is 2. The first-order valence-electron chi connectivity index (χ1n) is 8.64. The van der Waals surface area contributed by atoms with Crippen LogP contribution in [-0.2, 0) is 16.0 Å². The quantitative estimate of drug-likeness (QED) is 0.317. The minimum Gasteiger partial charge on any atom is -0.492 e. The molecule has 0 aliphatic heterocycles. The summed E-state index contributed by atoms with van der Waals surface area (Å²) in [6.45, 7) is 6.21. The normalized spacial score (nSPS) is 10.2. The maximum Gasteiger partial charge on any atom is 0.251 e. The lowest BCUT2D eigenvalue weighted by molar-refractivity contribution is -0.120. The van der Waals surface area contributed by atoms with Gasteiger partial charge >= 0.3 is 0 Å². The van der Waals surface area contributed by atoms with Crippen LogP contribution in [0.3, 0.4) is 0 Å². The van der Waals surface area contributed by atoms with E-state index in [2.05, 4.69) is 27.2 Å². The Bertz CT molecular complexity index is 897. The number of nitrogens with zero attached hydrogens (tertiary/aromatic N) is 1. The molecule has 1 heterocycles. The molecule has 0 bridgehead atoms. The highest BCUT2D eigenvalue weighted by Gasteiger charge is 2.11. The van der Waals surface area contributed by atoms with Crippen molar-refractivity contribution in [1.82, 2.24) is 15.3 Å². The third-order valence-corrected chi connectivity index (χ3v) is 4.23. The molecule has 1 aromatic carbocycles. The number of hydrogen-bond donors (Lipinski definition) is 3. The second-order valence-corrected chi connectivity index (χ2v) is 6.54. The molecule has 1 aromatic heterocycles. The molecule has 0 spiro atoms. The molecule has 0 fully saturated rings. The standard InChI is InChI=1S/C19H22N4O4S/c1-3-9-20-16(24)10-13-11-17(25)23-19(21-13)28-12-18(26)22-14-7-5-6-8-15(14)27-4-2/h3,5-8,11H,1,4,9-10,12H2,2H3,(H,20,24)(H,22,26)(H,21,23,25). The molecule has 3 N–H and O–H groups in total. The van der Waals surface area contributed by atoms with Gasteiger partial charge in [-0.3, -0.25) is 14.4 Å². The fourth-order valence-corrected chi connectivity index (χ4v) is 2.92. The number of amides is 2. The van der Waals surface area contributed by atoms with Crippen molar-refractivity contribution in [2.45, 2.75) is 18.5 Å². The van der Waals surface area contributed by atoms with E-state index >= 15 is 0 Å². The van der Waals surface area contributed by atoms with E-state index in [9.17, 15) is 14.4 Å². The Balaban J connectivity index is 1.96. The van der Waals surface area contributed by atoms with Gasteiger partial charge in [0, 0.05) is 12.6 Å². The van der Waals surface area contributed by atoms with E-state index in [4.69, 9.17) is 4.74 Å². The largest absolute Gasteiger partial charge is 0.492 e. The number of anilines is 1. The molecule has 0 saturated heterocycles. The summed E-state index contributed by atoms with van der Waals surface area (Å²) in [5, 5.41) is 5.66. The maximum atomic E-state index is 12.2. The molecule has 0 aliphatic carbocycles. The maximum absolute atomic E-state index is 12.2. The summed E-state index contributed by atoms with van der Waals surface area (Å²) >= 11 is 1.07. The summed E-state index contributed by atoms with van der Waals surface area (Å²) in [5.41, 5.74) is 0.519. The van der Waals surface area contributed by atoms with Crippen LogP contribution in [0.4, 0.5) is 5.69 Å². The Hall–Kier alpha value is -3.07. The number of thioether (sulfide) groups is 1. The number of aromatic nitrogens is 2. The van der Waals surface area contributed by atoms with Crippen molar-refractivity contribution in [3.63, 3.8) is 0 Å². The smallest absolute Gasteiger partial charge is 0.251 e. The van der Waals surface area contributed by atoms with Crippen LogP contribution in [0.25, 0.3) is 0 Å². The van der Waals surface area contributed by atoms with Gasteiger partial charge in [0.25, 0.3) is 5.56 Å². The molecule has 0 atom stereocenters. The molecular formula is C19H22N4O4S. The van der Waals surface area contributed by atoms with Crippen molar-refractivity contribution in [2.75, 3.05) is 24.2 Å². The molecule has 148 valence electrons. The summed E-state index contributed by atoms with van der Waals surface area (Å²) in [7, 11) is 0. The van der Waals surface area contributed by atoms with Gasteiger partial charge in [0.15, 0.2) is 5.16 Å². The predicted molar refractivity (Wildman–Crippen MR) is 109 cm³/mol. The molecule has 0 radical (unpaired) electrons. The minimum absolute atomic E-state index is 0.0285. The fraction of sp³-hybridized carbons (Fsp3) is 0.263. The molecule has 8 nitrogen and oxygen atoms in total. The van der Waals surface area contributed by atoms with Crippen molar-refractivity contribution in [1.29, 1.82) is 0 Å². The van der Waals surface area contributed by atoms with Gasteiger partial charge in [0.2, 0.25) is 11.8 Å². The average molecular weight is 402 g/mol. The number of hydrogen-bond acceptors (Lipinski definition) is 6. The van der Waals surface area contributed by atoms with Crippen molar-refractivity contribution >= 4 is 29.3 Å². The van der Waals surface area contributed by atoms with Crippen LogP contribution in [0, 0.1) is 0 Å². The molecule has 0 aliphatic rings. The summed E-state index contributed by atoms with van der Waals surface area (Å²) in [6.07, 6.45) is 1.53. The summed E-state index contributed by atoms with van der Waals surface area (Å²) in [6, 6.07) is 8.39. The van der Waals surface area contributed by atoms with Gasteiger partial charge in [0.05, 0.1) is 30.2 Å². The van der Waals surface area contributed by atoms with Gasteiger partial charge < -0.3 is 20.4 Å². The van der Waals surface area contributed by atoms with Crippen molar-refractivity contribution in [3.8, 4) is 5.75 Å². The highest BCUT2D eigenvalue weighted by molar-refractivity contribution is 7.99. The zero-order valence-corrected chi connectivity index (χ0v) is 16.3. The Morgan fingerprint density at radius 3 is 2.86 bits per heavy atom. The van der Waals surface area contributed by atoms with Crippen LogP contribution < -0.4 is 20.9 Å². The zero-order chi connectivity index (χ0) is 20.4. The van der Waals surface area contributed by atoms with Crippen LogP contribution in [0.5, 0.6) is 5.75 Å².